The van der Waals surface area contributed by atoms with E-state index in [-0.39, 0.29) is 12.5 Å². The number of rotatable bonds is 6. The van der Waals surface area contributed by atoms with E-state index >= 15 is 0 Å². The van der Waals surface area contributed by atoms with Crippen LogP contribution in [0.3, 0.4) is 0 Å². The zero-order chi connectivity index (χ0) is 20.4. The Balaban J connectivity index is 1.49. The van der Waals surface area contributed by atoms with Gasteiger partial charge in [0.2, 0.25) is 17.7 Å². The van der Waals surface area contributed by atoms with Gasteiger partial charge in [0, 0.05) is 50.4 Å². The maximum atomic E-state index is 12.6. The summed E-state index contributed by atoms with van der Waals surface area (Å²) in [6.07, 6.45) is 1.89. The Labute approximate surface area is 169 Å². The van der Waals surface area contributed by atoms with Gasteiger partial charge >= 0.3 is 0 Å². The molecule has 0 aliphatic carbocycles. The van der Waals surface area contributed by atoms with Crippen molar-refractivity contribution >= 4 is 22.5 Å². The normalized spacial score (nSPS) is 11.0. The molecule has 148 valence electrons. The number of hydrogen-bond donors (Lipinski definition) is 1. The molecule has 0 spiro atoms. The van der Waals surface area contributed by atoms with Gasteiger partial charge < -0.3 is 19.2 Å². The molecule has 0 fully saturated rings. The van der Waals surface area contributed by atoms with Gasteiger partial charge in [0.05, 0.1) is 5.56 Å². The number of nitrogens with one attached hydrogen (secondary N) is 1. The van der Waals surface area contributed by atoms with Crippen LogP contribution in [0.4, 0.5) is 5.69 Å². The molecule has 4 rings (SSSR count). The second-order valence-corrected chi connectivity index (χ2v) is 7.15. The Kier molecular flexibility index (Phi) is 5.03. The molecule has 29 heavy (non-hydrogen) atoms. The molecule has 4 aromatic rings. The van der Waals surface area contributed by atoms with Gasteiger partial charge in [-0.15, -0.1) is 10.2 Å². The van der Waals surface area contributed by atoms with Crippen molar-refractivity contribution in [3.05, 3.63) is 66.2 Å². The molecule has 0 aliphatic rings. The highest BCUT2D eigenvalue weighted by Crippen LogP contribution is 2.29. The Morgan fingerprint density at radius 2 is 1.86 bits per heavy atom. The van der Waals surface area contributed by atoms with Gasteiger partial charge in [0.1, 0.15) is 6.54 Å². The van der Waals surface area contributed by atoms with E-state index in [2.05, 4.69) is 15.5 Å². The van der Waals surface area contributed by atoms with Crippen LogP contribution in [0, 0.1) is 6.92 Å². The number of carbonyl (C=O) groups is 1. The summed E-state index contributed by atoms with van der Waals surface area (Å²) in [5.41, 5.74) is 3.96. The predicted octanol–water partition coefficient (Wildman–Crippen LogP) is 3.38. The lowest BCUT2D eigenvalue weighted by Gasteiger charge is -2.13. The average molecular weight is 389 g/mol. The van der Waals surface area contributed by atoms with Crippen molar-refractivity contribution in [1.82, 2.24) is 20.1 Å². The van der Waals surface area contributed by atoms with Crippen LogP contribution in [0.15, 0.2) is 59.1 Å². The van der Waals surface area contributed by atoms with Gasteiger partial charge in [-0.25, -0.2) is 0 Å². The van der Waals surface area contributed by atoms with Crippen LogP contribution in [-0.4, -0.2) is 34.8 Å². The van der Waals surface area contributed by atoms with Crippen molar-refractivity contribution in [3.8, 4) is 11.5 Å². The van der Waals surface area contributed by atoms with E-state index < -0.39 is 0 Å². The van der Waals surface area contributed by atoms with Crippen LogP contribution in [0.2, 0.25) is 0 Å². The number of benzene rings is 2. The third kappa shape index (κ3) is 3.99. The first-order chi connectivity index (χ1) is 14.0. The van der Waals surface area contributed by atoms with Gasteiger partial charge in [-0.05, 0) is 23.8 Å². The number of fused-ring (bicyclic) bond motifs is 1. The first-order valence-corrected chi connectivity index (χ1v) is 9.42. The minimum Gasteiger partial charge on any atom is -0.421 e. The molecule has 1 N–H and O–H groups in total. The van der Waals surface area contributed by atoms with E-state index in [4.69, 9.17) is 4.42 Å². The first kappa shape index (κ1) is 18.7. The third-order valence-corrected chi connectivity index (χ3v) is 4.80. The lowest BCUT2D eigenvalue weighted by molar-refractivity contribution is -0.121. The SMILES string of the molecule is Cc1nnc(-c2cn(CC(=O)NCc3ccc(N(C)C)cc3)c3ccccc23)o1. The first-order valence-electron chi connectivity index (χ1n) is 9.42. The molecule has 1 amide bonds. The molecule has 7 heteroatoms. The summed E-state index contributed by atoms with van der Waals surface area (Å²) >= 11 is 0. The summed E-state index contributed by atoms with van der Waals surface area (Å²) in [4.78, 5) is 14.6. The molecular formula is C22H23N5O2. The number of aromatic nitrogens is 3. The van der Waals surface area contributed by atoms with Crippen LogP contribution in [-0.2, 0) is 17.9 Å². The number of hydrogen-bond acceptors (Lipinski definition) is 5. The Bertz CT molecular complexity index is 1140. The second-order valence-electron chi connectivity index (χ2n) is 7.15. The van der Waals surface area contributed by atoms with Crippen LogP contribution >= 0.6 is 0 Å². The van der Waals surface area contributed by atoms with Crippen molar-refractivity contribution in [1.29, 1.82) is 0 Å². The minimum atomic E-state index is -0.0595. The molecule has 0 radical (unpaired) electrons. The number of carbonyl (C=O) groups excluding carboxylic acids is 1. The molecule has 0 saturated carbocycles. The number of aryl methyl sites for hydroxylation is 1. The molecular weight excluding hydrogens is 366 g/mol. The van der Waals surface area contributed by atoms with Crippen molar-refractivity contribution in [2.45, 2.75) is 20.0 Å². The van der Waals surface area contributed by atoms with Gasteiger partial charge in [-0.1, -0.05) is 30.3 Å². The van der Waals surface area contributed by atoms with Gasteiger partial charge in [-0.3, -0.25) is 4.79 Å². The summed E-state index contributed by atoms with van der Waals surface area (Å²) in [5.74, 6) is 0.907. The Morgan fingerprint density at radius 1 is 1.10 bits per heavy atom. The second kappa shape index (κ2) is 7.79. The van der Waals surface area contributed by atoms with Gasteiger partial charge in [-0.2, -0.15) is 0 Å². The minimum absolute atomic E-state index is 0.0595. The summed E-state index contributed by atoms with van der Waals surface area (Å²) in [6.45, 7) is 2.46. The highest BCUT2D eigenvalue weighted by atomic mass is 16.4. The number of amides is 1. The number of nitrogens with zero attached hydrogens (tertiary/aromatic N) is 4. The molecule has 2 aromatic carbocycles. The molecule has 7 nitrogen and oxygen atoms in total. The summed E-state index contributed by atoms with van der Waals surface area (Å²) in [5, 5.41) is 12.0. The lowest BCUT2D eigenvalue weighted by atomic mass is 10.2. The molecule has 0 saturated heterocycles. The molecule has 2 heterocycles. The molecule has 0 bridgehead atoms. The number of para-hydroxylation sites is 1. The quantitative estimate of drug-likeness (QED) is 0.547. The zero-order valence-corrected chi connectivity index (χ0v) is 16.7. The van der Waals surface area contributed by atoms with E-state index in [0.29, 0.717) is 18.3 Å². The van der Waals surface area contributed by atoms with E-state index in [9.17, 15) is 4.79 Å². The van der Waals surface area contributed by atoms with Crippen LogP contribution in [0.5, 0.6) is 0 Å². The van der Waals surface area contributed by atoms with E-state index in [0.717, 1.165) is 27.7 Å². The van der Waals surface area contributed by atoms with Crippen molar-refractivity contribution in [2.75, 3.05) is 19.0 Å². The van der Waals surface area contributed by atoms with Gasteiger partial charge in [0.25, 0.3) is 0 Å². The van der Waals surface area contributed by atoms with E-state index in [1.807, 2.05) is 78.3 Å². The maximum absolute atomic E-state index is 12.6. The molecule has 2 aromatic heterocycles. The summed E-state index contributed by atoms with van der Waals surface area (Å²) in [6, 6.07) is 16.0. The monoisotopic (exact) mass is 389 g/mol. The zero-order valence-electron chi connectivity index (χ0n) is 16.7. The van der Waals surface area contributed by atoms with Crippen molar-refractivity contribution in [2.24, 2.45) is 0 Å². The topological polar surface area (TPSA) is 76.2 Å². The highest BCUT2D eigenvalue weighted by Gasteiger charge is 2.16. The highest BCUT2D eigenvalue weighted by molar-refractivity contribution is 5.94. The van der Waals surface area contributed by atoms with E-state index in [1.165, 1.54) is 0 Å². The summed E-state index contributed by atoms with van der Waals surface area (Å²) in [7, 11) is 4.00. The molecule has 0 aliphatic heterocycles. The third-order valence-electron chi connectivity index (χ3n) is 4.80. The Hall–Kier alpha value is -3.61. The predicted molar refractivity (Wildman–Crippen MR) is 113 cm³/mol. The van der Waals surface area contributed by atoms with Gasteiger partial charge in [0.15, 0.2) is 0 Å². The molecule has 0 atom stereocenters. The standard InChI is InChI=1S/C22H23N5O2/c1-15-24-25-22(29-15)19-13-27(20-7-5-4-6-18(19)20)14-21(28)23-12-16-8-10-17(11-9-16)26(2)3/h4-11,13H,12,14H2,1-3H3,(H,23,28). The fourth-order valence-corrected chi connectivity index (χ4v) is 3.28. The van der Waals surface area contributed by atoms with Crippen molar-refractivity contribution < 1.29 is 9.21 Å². The number of anilines is 1. The van der Waals surface area contributed by atoms with E-state index in [1.54, 1.807) is 6.92 Å². The Morgan fingerprint density at radius 3 is 2.55 bits per heavy atom. The van der Waals surface area contributed by atoms with Crippen LogP contribution in [0.1, 0.15) is 11.5 Å². The average Bonchev–Trinajstić information content (AvgIpc) is 3.30. The largest absolute Gasteiger partial charge is 0.421 e. The van der Waals surface area contributed by atoms with Crippen LogP contribution < -0.4 is 10.2 Å². The van der Waals surface area contributed by atoms with Crippen molar-refractivity contribution in [3.63, 3.8) is 0 Å². The summed E-state index contributed by atoms with van der Waals surface area (Å²) < 4.78 is 7.50. The smallest absolute Gasteiger partial charge is 0.249 e. The maximum Gasteiger partial charge on any atom is 0.249 e. The molecule has 0 unspecified atom stereocenters. The fraction of sp³-hybridized carbons (Fsp3) is 0.227. The lowest BCUT2D eigenvalue weighted by Crippen LogP contribution is -2.26. The fourth-order valence-electron chi connectivity index (χ4n) is 3.28. The van der Waals surface area contributed by atoms with Crippen LogP contribution in [0.25, 0.3) is 22.4 Å².